The van der Waals surface area contributed by atoms with E-state index < -0.39 is 16.1 Å². The molecule has 0 saturated carbocycles. The fraction of sp³-hybridized carbons (Fsp3) is 0.261. The van der Waals surface area contributed by atoms with E-state index in [-0.39, 0.29) is 23.9 Å². The summed E-state index contributed by atoms with van der Waals surface area (Å²) in [5, 5.41) is 2.79. The molecule has 2 aromatic carbocycles. The summed E-state index contributed by atoms with van der Waals surface area (Å²) in [7, 11) is -3.68. The standard InChI is InChI=1S/C23H28N2O4S/c1-5-16-25(17-6-2)30(27,28)20-14-12-19(13-15-20)24-23(26)21(7-3)29-22-11-9-8-10-18(22)4/h5-6,8-15,21H,1-2,7,16-17H2,3-4H3,(H,24,26). The summed E-state index contributed by atoms with van der Waals surface area (Å²) in [4.78, 5) is 12.8. The van der Waals surface area contributed by atoms with Crippen LogP contribution in [0.5, 0.6) is 5.75 Å². The van der Waals surface area contributed by atoms with E-state index in [2.05, 4.69) is 18.5 Å². The molecule has 0 aliphatic rings. The quantitative estimate of drug-likeness (QED) is 0.546. The molecule has 160 valence electrons. The molecule has 0 radical (unpaired) electrons. The largest absolute Gasteiger partial charge is 0.480 e. The molecule has 1 amide bonds. The molecule has 1 N–H and O–H groups in total. The van der Waals surface area contributed by atoms with Gasteiger partial charge in [-0.05, 0) is 49.2 Å². The lowest BCUT2D eigenvalue weighted by Gasteiger charge is -2.20. The molecular formula is C23H28N2O4S. The second-order valence-corrected chi connectivity index (χ2v) is 8.63. The van der Waals surface area contributed by atoms with Gasteiger partial charge in [-0.2, -0.15) is 4.31 Å². The predicted octanol–water partition coefficient (Wildman–Crippen LogP) is 4.15. The Balaban J connectivity index is 2.12. The fourth-order valence-corrected chi connectivity index (χ4v) is 4.19. The highest BCUT2D eigenvalue weighted by Gasteiger charge is 2.23. The van der Waals surface area contributed by atoms with Gasteiger partial charge in [-0.15, -0.1) is 13.2 Å². The Kier molecular flexibility index (Phi) is 8.38. The van der Waals surface area contributed by atoms with Crippen LogP contribution in [0, 0.1) is 6.92 Å². The molecule has 1 atom stereocenters. The number of hydrogen-bond donors (Lipinski definition) is 1. The van der Waals surface area contributed by atoms with E-state index in [4.69, 9.17) is 4.74 Å². The van der Waals surface area contributed by atoms with Crippen LogP contribution in [0.4, 0.5) is 5.69 Å². The van der Waals surface area contributed by atoms with Crippen molar-refractivity contribution in [2.45, 2.75) is 31.3 Å². The third kappa shape index (κ3) is 5.81. The highest BCUT2D eigenvalue weighted by molar-refractivity contribution is 7.89. The summed E-state index contributed by atoms with van der Waals surface area (Å²) in [6, 6.07) is 13.6. The average Bonchev–Trinajstić information content (AvgIpc) is 2.73. The molecule has 0 heterocycles. The zero-order chi connectivity index (χ0) is 22.1. The van der Waals surface area contributed by atoms with Crippen LogP contribution in [-0.2, 0) is 14.8 Å². The monoisotopic (exact) mass is 428 g/mol. The van der Waals surface area contributed by atoms with Crippen LogP contribution in [0.3, 0.4) is 0 Å². The number of rotatable bonds is 11. The van der Waals surface area contributed by atoms with Gasteiger partial charge in [0.2, 0.25) is 10.0 Å². The minimum Gasteiger partial charge on any atom is -0.480 e. The maximum absolute atomic E-state index is 12.8. The maximum Gasteiger partial charge on any atom is 0.265 e. The number of benzene rings is 2. The second-order valence-electron chi connectivity index (χ2n) is 6.69. The Morgan fingerprint density at radius 2 is 1.70 bits per heavy atom. The number of carbonyl (C=O) groups excluding carboxylic acids is 1. The van der Waals surface area contributed by atoms with Gasteiger partial charge >= 0.3 is 0 Å². The summed E-state index contributed by atoms with van der Waals surface area (Å²) in [6.07, 6.45) is 2.87. The predicted molar refractivity (Wildman–Crippen MR) is 120 cm³/mol. The number of aryl methyl sites for hydroxylation is 1. The van der Waals surface area contributed by atoms with E-state index in [1.807, 2.05) is 38.1 Å². The van der Waals surface area contributed by atoms with E-state index in [0.717, 1.165) is 5.56 Å². The van der Waals surface area contributed by atoms with Crippen molar-refractivity contribution in [3.8, 4) is 5.75 Å². The van der Waals surface area contributed by atoms with Gasteiger partial charge in [0.05, 0.1) is 4.90 Å². The molecule has 0 aliphatic carbocycles. The van der Waals surface area contributed by atoms with Gasteiger partial charge in [-0.3, -0.25) is 4.79 Å². The highest BCUT2D eigenvalue weighted by atomic mass is 32.2. The molecule has 1 unspecified atom stereocenters. The highest BCUT2D eigenvalue weighted by Crippen LogP contribution is 2.21. The Hall–Kier alpha value is -2.90. The lowest BCUT2D eigenvalue weighted by atomic mass is 10.2. The van der Waals surface area contributed by atoms with Crippen LogP contribution in [0.25, 0.3) is 0 Å². The number of anilines is 1. The van der Waals surface area contributed by atoms with Crippen LogP contribution >= 0.6 is 0 Å². The van der Waals surface area contributed by atoms with Gasteiger partial charge in [-0.1, -0.05) is 37.3 Å². The van der Waals surface area contributed by atoms with Crippen molar-refractivity contribution in [1.29, 1.82) is 0 Å². The average molecular weight is 429 g/mol. The zero-order valence-electron chi connectivity index (χ0n) is 17.4. The van der Waals surface area contributed by atoms with E-state index in [0.29, 0.717) is 17.9 Å². The number of nitrogens with one attached hydrogen (secondary N) is 1. The molecular weight excluding hydrogens is 400 g/mol. The topological polar surface area (TPSA) is 75.7 Å². The number of amides is 1. The minimum absolute atomic E-state index is 0.132. The van der Waals surface area contributed by atoms with E-state index in [9.17, 15) is 13.2 Å². The normalized spacial score (nSPS) is 12.2. The second kappa shape index (κ2) is 10.8. The van der Waals surface area contributed by atoms with Crippen LogP contribution in [-0.4, -0.2) is 37.8 Å². The molecule has 0 aromatic heterocycles. The SMILES string of the molecule is C=CCN(CC=C)S(=O)(=O)c1ccc(NC(=O)C(CC)Oc2ccccc2C)cc1. The first-order valence-corrected chi connectivity index (χ1v) is 11.1. The lowest BCUT2D eigenvalue weighted by Crippen LogP contribution is -2.33. The van der Waals surface area contributed by atoms with Crippen molar-refractivity contribution in [2.75, 3.05) is 18.4 Å². The van der Waals surface area contributed by atoms with E-state index >= 15 is 0 Å². The van der Waals surface area contributed by atoms with Crippen molar-refractivity contribution in [3.05, 3.63) is 79.4 Å². The zero-order valence-corrected chi connectivity index (χ0v) is 18.2. The third-order valence-electron chi connectivity index (χ3n) is 4.45. The van der Waals surface area contributed by atoms with Crippen molar-refractivity contribution >= 4 is 21.6 Å². The Morgan fingerprint density at radius 1 is 1.10 bits per heavy atom. The van der Waals surface area contributed by atoms with Crippen LogP contribution < -0.4 is 10.1 Å². The Morgan fingerprint density at radius 3 is 2.23 bits per heavy atom. The molecule has 6 nitrogen and oxygen atoms in total. The molecule has 0 spiro atoms. The number of ether oxygens (including phenoxy) is 1. The maximum atomic E-state index is 12.8. The summed E-state index contributed by atoms with van der Waals surface area (Å²) in [6.45, 7) is 11.3. The van der Waals surface area contributed by atoms with E-state index in [1.165, 1.54) is 28.6 Å². The molecule has 30 heavy (non-hydrogen) atoms. The van der Waals surface area contributed by atoms with Gasteiger partial charge in [-0.25, -0.2) is 8.42 Å². The van der Waals surface area contributed by atoms with Crippen molar-refractivity contribution in [1.82, 2.24) is 4.31 Å². The van der Waals surface area contributed by atoms with Gasteiger partial charge in [0.15, 0.2) is 6.10 Å². The number of para-hydroxylation sites is 1. The third-order valence-corrected chi connectivity index (χ3v) is 6.30. The smallest absolute Gasteiger partial charge is 0.265 e. The van der Waals surface area contributed by atoms with Crippen molar-refractivity contribution < 1.29 is 17.9 Å². The molecule has 0 aliphatic heterocycles. The summed E-state index contributed by atoms with van der Waals surface area (Å²) >= 11 is 0. The summed E-state index contributed by atoms with van der Waals surface area (Å²) in [5.74, 6) is 0.363. The Bertz CT molecular complexity index is 975. The molecule has 2 rings (SSSR count). The van der Waals surface area contributed by atoms with Gasteiger partial charge in [0, 0.05) is 18.8 Å². The first kappa shape index (κ1) is 23.4. The van der Waals surface area contributed by atoms with Gasteiger partial charge in [0.25, 0.3) is 5.91 Å². The molecule has 2 aromatic rings. The molecule has 0 bridgehead atoms. The Labute approximate surface area is 178 Å². The van der Waals surface area contributed by atoms with Crippen molar-refractivity contribution in [2.24, 2.45) is 0 Å². The van der Waals surface area contributed by atoms with Crippen LogP contribution in [0.1, 0.15) is 18.9 Å². The summed E-state index contributed by atoms with van der Waals surface area (Å²) in [5.41, 5.74) is 1.44. The number of nitrogens with zero attached hydrogens (tertiary/aromatic N) is 1. The minimum atomic E-state index is -3.68. The number of hydrogen-bond acceptors (Lipinski definition) is 4. The van der Waals surface area contributed by atoms with Gasteiger partial charge in [0.1, 0.15) is 5.75 Å². The number of carbonyl (C=O) groups is 1. The van der Waals surface area contributed by atoms with Gasteiger partial charge < -0.3 is 10.1 Å². The summed E-state index contributed by atoms with van der Waals surface area (Å²) < 4.78 is 32.6. The molecule has 0 fully saturated rings. The van der Waals surface area contributed by atoms with Crippen LogP contribution in [0.15, 0.2) is 78.7 Å². The number of sulfonamides is 1. The first-order valence-electron chi connectivity index (χ1n) is 9.68. The first-order chi connectivity index (χ1) is 14.3. The molecule has 7 heteroatoms. The lowest BCUT2D eigenvalue weighted by molar-refractivity contribution is -0.122. The van der Waals surface area contributed by atoms with Crippen molar-refractivity contribution in [3.63, 3.8) is 0 Å². The van der Waals surface area contributed by atoms with Crippen LogP contribution in [0.2, 0.25) is 0 Å². The van der Waals surface area contributed by atoms with E-state index in [1.54, 1.807) is 12.1 Å². The fourth-order valence-electron chi connectivity index (χ4n) is 2.80. The molecule has 0 saturated heterocycles.